The standard InChI is InChI=1S/C19H21N3OS2/c1-3-22-10-6-7-13-16(11-22)25-18(20-12(2)23)17(13)19-21-14-8-4-5-9-15(14)24-19/h4-5,8-9H,3,6-7,10-11H2,1-2H3,(H,20,23). The molecule has 0 saturated carbocycles. The number of para-hydroxylation sites is 1. The summed E-state index contributed by atoms with van der Waals surface area (Å²) in [7, 11) is 0. The summed E-state index contributed by atoms with van der Waals surface area (Å²) < 4.78 is 1.19. The molecule has 0 radical (unpaired) electrons. The minimum atomic E-state index is -0.0221. The van der Waals surface area contributed by atoms with Crippen LogP contribution < -0.4 is 5.32 Å². The molecule has 0 bridgehead atoms. The summed E-state index contributed by atoms with van der Waals surface area (Å²) in [5.41, 5.74) is 3.55. The van der Waals surface area contributed by atoms with Crippen LogP contribution in [0, 0.1) is 0 Å². The Balaban J connectivity index is 1.86. The van der Waals surface area contributed by atoms with Gasteiger partial charge in [-0.05, 0) is 43.6 Å². The molecule has 0 fully saturated rings. The molecule has 1 N–H and O–H groups in total. The number of rotatable bonds is 3. The molecule has 3 heterocycles. The van der Waals surface area contributed by atoms with E-state index in [-0.39, 0.29) is 5.91 Å². The molecule has 4 rings (SSSR count). The first kappa shape index (κ1) is 16.7. The van der Waals surface area contributed by atoms with Crippen molar-refractivity contribution in [2.45, 2.75) is 33.2 Å². The van der Waals surface area contributed by atoms with Crippen LogP contribution in [0.2, 0.25) is 0 Å². The van der Waals surface area contributed by atoms with Crippen LogP contribution in [0.3, 0.4) is 0 Å². The fraction of sp³-hybridized carbons (Fsp3) is 0.368. The van der Waals surface area contributed by atoms with E-state index in [9.17, 15) is 4.79 Å². The highest BCUT2D eigenvalue weighted by atomic mass is 32.1. The minimum absolute atomic E-state index is 0.0221. The lowest BCUT2D eigenvalue weighted by Gasteiger charge is -2.16. The van der Waals surface area contributed by atoms with Crippen LogP contribution in [0.4, 0.5) is 5.00 Å². The molecule has 0 spiro atoms. The molecular formula is C19H21N3OS2. The number of nitrogens with one attached hydrogen (secondary N) is 1. The second-order valence-electron chi connectivity index (χ2n) is 6.35. The van der Waals surface area contributed by atoms with E-state index in [1.165, 1.54) is 15.1 Å². The lowest BCUT2D eigenvalue weighted by molar-refractivity contribution is -0.114. The van der Waals surface area contributed by atoms with Crippen LogP contribution in [-0.4, -0.2) is 28.9 Å². The van der Waals surface area contributed by atoms with E-state index in [0.717, 1.165) is 53.6 Å². The summed E-state index contributed by atoms with van der Waals surface area (Å²) >= 11 is 3.43. The Morgan fingerprint density at radius 2 is 2.16 bits per heavy atom. The number of aromatic nitrogens is 1. The van der Waals surface area contributed by atoms with Crippen molar-refractivity contribution >= 4 is 43.8 Å². The summed E-state index contributed by atoms with van der Waals surface area (Å²) in [6.07, 6.45) is 2.20. The molecule has 0 aliphatic carbocycles. The van der Waals surface area contributed by atoms with Gasteiger partial charge in [-0.2, -0.15) is 0 Å². The van der Waals surface area contributed by atoms with Gasteiger partial charge in [-0.15, -0.1) is 22.7 Å². The smallest absolute Gasteiger partial charge is 0.221 e. The van der Waals surface area contributed by atoms with Gasteiger partial charge in [-0.3, -0.25) is 9.69 Å². The quantitative estimate of drug-likeness (QED) is 0.722. The van der Waals surface area contributed by atoms with Crippen molar-refractivity contribution in [3.63, 3.8) is 0 Å². The van der Waals surface area contributed by atoms with E-state index in [2.05, 4.69) is 29.3 Å². The maximum absolute atomic E-state index is 11.7. The van der Waals surface area contributed by atoms with Gasteiger partial charge in [0.05, 0.1) is 10.2 Å². The number of carbonyl (C=O) groups is 1. The molecule has 1 aliphatic rings. The fourth-order valence-electron chi connectivity index (χ4n) is 3.39. The molecule has 0 unspecified atom stereocenters. The summed E-state index contributed by atoms with van der Waals surface area (Å²) in [5, 5.41) is 5.03. The maximum Gasteiger partial charge on any atom is 0.221 e. The average molecular weight is 372 g/mol. The molecule has 3 aromatic rings. The summed E-state index contributed by atoms with van der Waals surface area (Å²) in [6.45, 7) is 6.94. The van der Waals surface area contributed by atoms with Gasteiger partial charge < -0.3 is 5.32 Å². The topological polar surface area (TPSA) is 45.2 Å². The number of hydrogen-bond acceptors (Lipinski definition) is 5. The van der Waals surface area contributed by atoms with Crippen molar-refractivity contribution in [3.8, 4) is 10.6 Å². The molecule has 1 aliphatic heterocycles. The Hall–Kier alpha value is -1.76. The molecular weight excluding hydrogens is 350 g/mol. The highest BCUT2D eigenvalue weighted by Crippen LogP contribution is 2.45. The van der Waals surface area contributed by atoms with Crippen LogP contribution in [0.5, 0.6) is 0 Å². The third kappa shape index (κ3) is 3.21. The Labute approximate surface area is 155 Å². The van der Waals surface area contributed by atoms with Crippen LogP contribution in [0.15, 0.2) is 24.3 Å². The van der Waals surface area contributed by atoms with Crippen LogP contribution in [-0.2, 0) is 17.8 Å². The van der Waals surface area contributed by atoms with Gasteiger partial charge in [0.1, 0.15) is 10.0 Å². The Morgan fingerprint density at radius 3 is 2.92 bits per heavy atom. The largest absolute Gasteiger partial charge is 0.317 e. The zero-order valence-corrected chi connectivity index (χ0v) is 16.1. The van der Waals surface area contributed by atoms with E-state index >= 15 is 0 Å². The van der Waals surface area contributed by atoms with Gasteiger partial charge in [-0.1, -0.05) is 19.1 Å². The molecule has 1 aromatic carbocycles. The Bertz CT molecular complexity index is 895. The van der Waals surface area contributed by atoms with Crippen LogP contribution in [0.1, 0.15) is 30.7 Å². The first-order chi connectivity index (χ1) is 12.2. The first-order valence-corrected chi connectivity index (χ1v) is 10.3. The van der Waals surface area contributed by atoms with Gasteiger partial charge in [0, 0.05) is 23.9 Å². The molecule has 0 atom stereocenters. The normalized spacial score (nSPS) is 15.1. The monoisotopic (exact) mass is 371 g/mol. The zero-order chi connectivity index (χ0) is 17.4. The molecule has 2 aromatic heterocycles. The molecule has 4 nitrogen and oxygen atoms in total. The number of nitrogens with zero attached hydrogens (tertiary/aromatic N) is 2. The summed E-state index contributed by atoms with van der Waals surface area (Å²) in [4.78, 5) is 20.4. The number of hydrogen-bond donors (Lipinski definition) is 1. The second kappa shape index (κ2) is 6.86. The molecule has 130 valence electrons. The van der Waals surface area contributed by atoms with E-state index in [1.54, 1.807) is 29.6 Å². The number of thiophene rings is 1. The van der Waals surface area contributed by atoms with Gasteiger partial charge in [-0.25, -0.2) is 4.98 Å². The van der Waals surface area contributed by atoms with Gasteiger partial charge in [0.15, 0.2) is 0 Å². The van der Waals surface area contributed by atoms with Crippen molar-refractivity contribution in [2.75, 3.05) is 18.4 Å². The lowest BCUT2D eigenvalue weighted by Crippen LogP contribution is -2.22. The Morgan fingerprint density at radius 1 is 1.32 bits per heavy atom. The zero-order valence-electron chi connectivity index (χ0n) is 14.5. The molecule has 6 heteroatoms. The SMILES string of the molecule is CCN1CCCc2c(sc(NC(C)=O)c2-c2nc3ccccc3s2)C1. The molecule has 1 amide bonds. The predicted octanol–water partition coefficient (Wildman–Crippen LogP) is 4.75. The minimum Gasteiger partial charge on any atom is -0.317 e. The van der Waals surface area contributed by atoms with Crippen LogP contribution >= 0.6 is 22.7 Å². The van der Waals surface area contributed by atoms with Gasteiger partial charge in [0.25, 0.3) is 0 Å². The number of anilines is 1. The number of fused-ring (bicyclic) bond motifs is 2. The van der Waals surface area contributed by atoms with Crippen molar-refractivity contribution in [1.29, 1.82) is 0 Å². The lowest BCUT2D eigenvalue weighted by atomic mass is 10.1. The average Bonchev–Trinajstić information content (AvgIpc) is 3.08. The number of benzene rings is 1. The third-order valence-corrected chi connectivity index (χ3v) is 6.79. The van der Waals surface area contributed by atoms with Crippen LogP contribution in [0.25, 0.3) is 20.8 Å². The predicted molar refractivity (Wildman–Crippen MR) is 107 cm³/mol. The molecule has 0 saturated heterocycles. The van der Waals surface area contributed by atoms with Crippen molar-refractivity contribution in [1.82, 2.24) is 9.88 Å². The van der Waals surface area contributed by atoms with Gasteiger partial charge in [0.2, 0.25) is 5.91 Å². The van der Waals surface area contributed by atoms with E-state index in [0.29, 0.717) is 0 Å². The van der Waals surface area contributed by atoms with E-state index in [4.69, 9.17) is 4.98 Å². The second-order valence-corrected chi connectivity index (χ2v) is 8.48. The van der Waals surface area contributed by atoms with E-state index < -0.39 is 0 Å². The molecule has 25 heavy (non-hydrogen) atoms. The number of thiazole rings is 1. The van der Waals surface area contributed by atoms with Crippen molar-refractivity contribution in [3.05, 3.63) is 34.7 Å². The van der Waals surface area contributed by atoms with E-state index in [1.807, 2.05) is 12.1 Å². The third-order valence-electron chi connectivity index (χ3n) is 4.60. The van der Waals surface area contributed by atoms with Crippen molar-refractivity contribution < 1.29 is 4.79 Å². The highest BCUT2D eigenvalue weighted by Gasteiger charge is 2.25. The number of amides is 1. The van der Waals surface area contributed by atoms with Gasteiger partial charge >= 0.3 is 0 Å². The Kier molecular flexibility index (Phi) is 4.58. The first-order valence-electron chi connectivity index (χ1n) is 8.66. The summed E-state index contributed by atoms with van der Waals surface area (Å²) in [6, 6.07) is 8.23. The number of carbonyl (C=O) groups excluding carboxylic acids is 1. The highest BCUT2D eigenvalue weighted by molar-refractivity contribution is 7.22. The maximum atomic E-state index is 11.7. The fourth-order valence-corrected chi connectivity index (χ4v) is 5.84. The summed E-state index contributed by atoms with van der Waals surface area (Å²) in [5.74, 6) is -0.0221. The van der Waals surface area contributed by atoms with Crippen molar-refractivity contribution in [2.24, 2.45) is 0 Å².